The number of benzene rings is 2. The van der Waals surface area contributed by atoms with Crippen molar-refractivity contribution in [2.75, 3.05) is 12.4 Å². The van der Waals surface area contributed by atoms with Gasteiger partial charge in [-0.05, 0) is 114 Å². The zero-order valence-electron chi connectivity index (χ0n) is 24.5. The molecule has 1 aromatic heterocycles. The molecule has 2 nitrogen and oxygen atoms in total. The summed E-state index contributed by atoms with van der Waals surface area (Å²) in [5.41, 5.74) is 12.7. The largest absolute Gasteiger partial charge is 0.388 e. The Bertz CT molecular complexity index is 1460. The average Bonchev–Trinajstić information content (AvgIpc) is 2.94. The van der Waals surface area contributed by atoms with Crippen molar-refractivity contribution in [1.29, 1.82) is 0 Å². The highest BCUT2D eigenvalue weighted by Gasteiger charge is 2.24. The van der Waals surface area contributed by atoms with Crippen LogP contribution in [-0.4, -0.2) is 12.0 Å². The predicted molar refractivity (Wildman–Crippen MR) is 172 cm³/mol. The number of nitrogens with zero attached hydrogens (tertiary/aromatic N) is 1. The molecular weight excluding hydrogens is 472 g/mol. The van der Waals surface area contributed by atoms with E-state index < -0.39 is 0 Å². The molecule has 4 rings (SSSR count). The summed E-state index contributed by atoms with van der Waals surface area (Å²) in [6.45, 7) is 17.5. The number of hydrogen-bond donors (Lipinski definition) is 1. The second-order valence-electron chi connectivity index (χ2n) is 11.3. The Morgan fingerprint density at radius 2 is 1.95 bits per heavy atom. The van der Waals surface area contributed by atoms with Crippen LogP contribution >= 0.6 is 0 Å². The molecule has 0 atom stereocenters. The van der Waals surface area contributed by atoms with E-state index in [2.05, 4.69) is 100.0 Å². The molecule has 0 saturated carbocycles. The van der Waals surface area contributed by atoms with Crippen LogP contribution in [0.5, 0.6) is 0 Å². The predicted octanol–water partition coefficient (Wildman–Crippen LogP) is 9.90. The van der Waals surface area contributed by atoms with Gasteiger partial charge in [0.05, 0.1) is 5.52 Å². The quantitative estimate of drug-likeness (QED) is 0.203. The zero-order valence-corrected chi connectivity index (χ0v) is 24.5. The van der Waals surface area contributed by atoms with Gasteiger partial charge in [-0.3, -0.25) is 4.98 Å². The van der Waals surface area contributed by atoms with Gasteiger partial charge in [0.2, 0.25) is 0 Å². The van der Waals surface area contributed by atoms with Gasteiger partial charge in [0.25, 0.3) is 0 Å². The maximum atomic E-state index is 4.78. The highest BCUT2D eigenvalue weighted by molar-refractivity contribution is 5.98. The first-order chi connectivity index (χ1) is 18.8. The smallest absolute Gasteiger partial charge is 0.0712 e. The molecule has 3 aromatic rings. The van der Waals surface area contributed by atoms with Crippen LogP contribution in [0.15, 0.2) is 85.6 Å². The van der Waals surface area contributed by atoms with Crippen LogP contribution in [0.1, 0.15) is 80.3 Å². The molecule has 0 fully saturated rings. The van der Waals surface area contributed by atoms with E-state index in [0.29, 0.717) is 0 Å². The van der Waals surface area contributed by atoms with Gasteiger partial charge < -0.3 is 5.32 Å². The lowest BCUT2D eigenvalue weighted by molar-refractivity contribution is 0.474. The minimum atomic E-state index is 0.205. The fourth-order valence-corrected chi connectivity index (χ4v) is 5.80. The normalized spacial score (nSPS) is 14.5. The standard InChI is InChI=1S/C37H44N2/c1-8-11-14-27(9-2)15-12-13-16-28-23-36-34(24-35(28)38-7)32(20-22-39-36)26(4)31-18-17-29-25-37(5,6)21-19-33(29)30(31)10-3/h8-9,11,14,17-24,38H,2,4,10,12-13,15-16,25H2,1,3,5-7H3/b11-8-,27-14+. The van der Waals surface area contributed by atoms with Gasteiger partial charge in [-0.1, -0.05) is 82.5 Å². The highest BCUT2D eigenvalue weighted by atomic mass is 14.8. The molecule has 1 heterocycles. The lowest BCUT2D eigenvalue weighted by atomic mass is 9.76. The Balaban J connectivity index is 1.63. The fourth-order valence-electron chi connectivity index (χ4n) is 5.80. The maximum Gasteiger partial charge on any atom is 0.0712 e. The van der Waals surface area contributed by atoms with Crippen molar-refractivity contribution < 1.29 is 0 Å². The molecule has 202 valence electrons. The second kappa shape index (κ2) is 12.5. The summed E-state index contributed by atoms with van der Waals surface area (Å²) < 4.78 is 0. The first-order valence-electron chi connectivity index (χ1n) is 14.4. The van der Waals surface area contributed by atoms with Crippen molar-refractivity contribution in [1.82, 2.24) is 4.98 Å². The van der Waals surface area contributed by atoms with E-state index in [1.54, 1.807) is 0 Å². The molecule has 2 aromatic carbocycles. The van der Waals surface area contributed by atoms with Gasteiger partial charge in [0.15, 0.2) is 0 Å². The number of aromatic nitrogens is 1. The topological polar surface area (TPSA) is 24.9 Å². The van der Waals surface area contributed by atoms with Crippen LogP contribution < -0.4 is 5.32 Å². The van der Waals surface area contributed by atoms with E-state index in [1.165, 1.54) is 39.1 Å². The van der Waals surface area contributed by atoms with Crippen molar-refractivity contribution in [3.05, 3.63) is 119 Å². The number of rotatable bonds is 11. The van der Waals surface area contributed by atoms with Crippen LogP contribution in [0.3, 0.4) is 0 Å². The van der Waals surface area contributed by atoms with Crippen molar-refractivity contribution >= 4 is 28.2 Å². The average molecular weight is 517 g/mol. The molecule has 2 heteroatoms. The van der Waals surface area contributed by atoms with E-state index in [4.69, 9.17) is 4.98 Å². The van der Waals surface area contributed by atoms with E-state index in [0.717, 1.165) is 60.6 Å². The third-order valence-corrected chi connectivity index (χ3v) is 7.96. The van der Waals surface area contributed by atoms with Crippen LogP contribution in [0.2, 0.25) is 0 Å². The molecule has 0 unspecified atom stereocenters. The number of hydrogen-bond acceptors (Lipinski definition) is 2. The first-order valence-corrected chi connectivity index (χ1v) is 14.4. The number of allylic oxidation sites excluding steroid dienone is 6. The Hall–Kier alpha value is -3.65. The molecule has 0 saturated heterocycles. The minimum Gasteiger partial charge on any atom is -0.388 e. The molecule has 1 aliphatic rings. The van der Waals surface area contributed by atoms with Crippen LogP contribution in [0, 0.1) is 5.41 Å². The molecule has 0 radical (unpaired) electrons. The van der Waals surface area contributed by atoms with Gasteiger partial charge in [0.1, 0.15) is 0 Å². The SMILES string of the molecule is C=C/C(=C\C=C/C)CCCCc1cc2nccc(C(=C)c3ccc4c(c3CC)C=CC(C)(C)C4)c2cc1NC. The number of aryl methyl sites for hydroxylation is 1. The van der Waals surface area contributed by atoms with Gasteiger partial charge in [-0.25, -0.2) is 0 Å². The molecular formula is C37H44N2. The number of nitrogens with one attached hydrogen (secondary N) is 1. The summed E-state index contributed by atoms with van der Waals surface area (Å²) in [6, 6.07) is 11.3. The number of fused-ring (bicyclic) bond motifs is 2. The van der Waals surface area contributed by atoms with E-state index in [9.17, 15) is 0 Å². The molecule has 0 amide bonds. The van der Waals surface area contributed by atoms with Crippen LogP contribution in [0.4, 0.5) is 5.69 Å². The summed E-state index contributed by atoms with van der Waals surface area (Å²) >= 11 is 0. The lowest BCUT2D eigenvalue weighted by Crippen LogP contribution is -2.17. The number of pyridine rings is 1. The molecule has 0 aliphatic heterocycles. The lowest BCUT2D eigenvalue weighted by Gasteiger charge is -2.28. The Morgan fingerprint density at radius 1 is 1.13 bits per heavy atom. The molecule has 0 bridgehead atoms. The summed E-state index contributed by atoms with van der Waals surface area (Å²) in [6.07, 6.45) is 21.3. The highest BCUT2D eigenvalue weighted by Crippen LogP contribution is 2.39. The zero-order chi connectivity index (χ0) is 28.0. The van der Waals surface area contributed by atoms with E-state index in [-0.39, 0.29) is 5.41 Å². The fraction of sp³-hybridized carbons (Fsp3) is 0.324. The summed E-state index contributed by atoms with van der Waals surface area (Å²) in [7, 11) is 2.01. The summed E-state index contributed by atoms with van der Waals surface area (Å²) in [5.74, 6) is 0. The van der Waals surface area contributed by atoms with Gasteiger partial charge in [0, 0.05) is 24.3 Å². The molecule has 39 heavy (non-hydrogen) atoms. The Labute approximate surface area is 236 Å². The second-order valence-corrected chi connectivity index (χ2v) is 11.3. The van der Waals surface area contributed by atoms with Crippen molar-refractivity contribution in [2.24, 2.45) is 5.41 Å². The summed E-state index contributed by atoms with van der Waals surface area (Å²) in [5, 5.41) is 4.60. The Morgan fingerprint density at radius 3 is 2.67 bits per heavy atom. The number of unbranched alkanes of at least 4 members (excludes halogenated alkanes) is 1. The molecule has 0 spiro atoms. The first kappa shape index (κ1) is 28.4. The Kier molecular flexibility index (Phi) is 9.07. The minimum absolute atomic E-state index is 0.205. The van der Waals surface area contributed by atoms with Crippen LogP contribution in [0.25, 0.3) is 22.6 Å². The summed E-state index contributed by atoms with van der Waals surface area (Å²) in [4.78, 5) is 4.78. The molecule has 1 N–H and O–H groups in total. The van der Waals surface area contributed by atoms with Gasteiger partial charge in [-0.2, -0.15) is 0 Å². The maximum absolute atomic E-state index is 4.78. The third-order valence-electron chi connectivity index (χ3n) is 7.96. The van der Waals surface area contributed by atoms with Crippen molar-refractivity contribution in [3.63, 3.8) is 0 Å². The van der Waals surface area contributed by atoms with Gasteiger partial charge in [-0.15, -0.1) is 0 Å². The van der Waals surface area contributed by atoms with Crippen molar-refractivity contribution in [2.45, 2.75) is 66.2 Å². The van der Waals surface area contributed by atoms with E-state index in [1.807, 2.05) is 26.2 Å². The van der Waals surface area contributed by atoms with Crippen LogP contribution in [-0.2, 0) is 19.3 Å². The van der Waals surface area contributed by atoms with Gasteiger partial charge >= 0.3 is 0 Å². The monoisotopic (exact) mass is 516 g/mol. The van der Waals surface area contributed by atoms with Crippen molar-refractivity contribution in [3.8, 4) is 0 Å². The van der Waals surface area contributed by atoms with E-state index >= 15 is 0 Å². The number of anilines is 1. The third kappa shape index (κ3) is 6.33. The molecule has 1 aliphatic carbocycles.